The van der Waals surface area contributed by atoms with Gasteiger partial charge in [-0.15, -0.1) is 0 Å². The molecule has 0 atom stereocenters. The molecule has 0 radical (unpaired) electrons. The van der Waals surface area contributed by atoms with Crippen molar-refractivity contribution in [2.75, 3.05) is 37.3 Å². The number of benzene rings is 1. The summed E-state index contributed by atoms with van der Waals surface area (Å²) in [6.07, 6.45) is -2.69. The molecule has 9 nitrogen and oxygen atoms in total. The van der Waals surface area contributed by atoms with Crippen LogP contribution in [0.5, 0.6) is 0 Å². The summed E-state index contributed by atoms with van der Waals surface area (Å²) in [4.78, 5) is 20.8. The first-order chi connectivity index (χ1) is 15.4. The summed E-state index contributed by atoms with van der Waals surface area (Å²) in [6.45, 7) is 1.51. The van der Waals surface area contributed by atoms with Gasteiger partial charge in [-0.25, -0.2) is 17.6 Å². The monoisotopic (exact) mass is 491 g/mol. The van der Waals surface area contributed by atoms with E-state index in [2.05, 4.69) is 10.1 Å². The van der Waals surface area contributed by atoms with Crippen LogP contribution < -0.4 is 4.90 Å². The van der Waals surface area contributed by atoms with Crippen LogP contribution in [-0.4, -0.2) is 72.9 Å². The highest BCUT2D eigenvalue weighted by Crippen LogP contribution is 2.30. The zero-order valence-electron chi connectivity index (χ0n) is 17.5. The second kappa shape index (κ2) is 8.47. The van der Waals surface area contributed by atoms with E-state index in [0.717, 1.165) is 12.3 Å². The number of nitrogens with zero attached hydrogens (tertiary/aromatic N) is 5. The molecule has 2 aliphatic heterocycles. The maximum Gasteiger partial charge on any atom is 0.455 e. The summed E-state index contributed by atoms with van der Waals surface area (Å²) in [5.74, 6) is -2.03. The van der Waals surface area contributed by atoms with Gasteiger partial charge in [0.2, 0.25) is 0 Å². The number of carbonyl (C=O) groups is 1. The summed E-state index contributed by atoms with van der Waals surface area (Å²) >= 11 is 0. The van der Waals surface area contributed by atoms with Gasteiger partial charge in [0.15, 0.2) is 9.84 Å². The number of alkyl halides is 3. The van der Waals surface area contributed by atoms with Crippen LogP contribution in [0.4, 0.5) is 28.4 Å². The van der Waals surface area contributed by atoms with Crippen molar-refractivity contribution in [1.29, 1.82) is 0 Å². The van der Waals surface area contributed by atoms with Crippen LogP contribution in [0.25, 0.3) is 0 Å². The number of hydrogen-bond donors (Lipinski definition) is 0. The average molecular weight is 491 g/mol. The third kappa shape index (κ3) is 4.89. The second-order valence-electron chi connectivity index (χ2n) is 8.04. The molecule has 14 heteroatoms. The summed E-state index contributed by atoms with van der Waals surface area (Å²) < 4.78 is 80.2. The zero-order chi connectivity index (χ0) is 24.0. The number of hydrogen-bond acceptors (Lipinski definition) is 7. The van der Waals surface area contributed by atoms with Crippen LogP contribution >= 0.6 is 0 Å². The van der Waals surface area contributed by atoms with Crippen molar-refractivity contribution in [3.05, 3.63) is 35.4 Å². The minimum Gasteiger partial charge on any atom is -0.324 e. The van der Waals surface area contributed by atoms with Crippen LogP contribution in [-0.2, 0) is 22.6 Å². The molecule has 1 aromatic carbocycles. The molecule has 180 valence electrons. The highest BCUT2D eigenvalue weighted by molar-refractivity contribution is 7.90. The minimum absolute atomic E-state index is 0.00621. The van der Waals surface area contributed by atoms with Crippen molar-refractivity contribution in [2.45, 2.75) is 36.5 Å². The van der Waals surface area contributed by atoms with E-state index in [1.165, 1.54) is 17.0 Å². The molecule has 2 saturated heterocycles. The van der Waals surface area contributed by atoms with Crippen LogP contribution in [0.15, 0.2) is 27.6 Å². The minimum atomic E-state index is -4.68. The predicted octanol–water partition coefficient (Wildman–Crippen LogP) is 2.54. The van der Waals surface area contributed by atoms with Crippen LogP contribution in [0.3, 0.4) is 0 Å². The Labute approximate surface area is 186 Å². The topological polar surface area (TPSA) is 99.9 Å². The Morgan fingerprint density at radius 2 is 1.85 bits per heavy atom. The largest absolute Gasteiger partial charge is 0.455 e. The zero-order valence-corrected chi connectivity index (χ0v) is 18.4. The molecule has 2 aromatic rings. The summed E-state index contributed by atoms with van der Waals surface area (Å²) in [5, 5.41) is 2.96. The molecule has 0 saturated carbocycles. The van der Waals surface area contributed by atoms with Gasteiger partial charge in [0.1, 0.15) is 5.82 Å². The quantitative estimate of drug-likeness (QED) is 0.593. The SMILES string of the molecule is CS(=O)(=O)c1ccc(CN2CCN(C3CCN(c4nc(C(F)(F)F)no4)CC3)C2=O)c(F)c1. The van der Waals surface area contributed by atoms with Gasteiger partial charge in [-0.3, -0.25) is 0 Å². The standard InChI is InChI=1S/C19H21F4N5O4S/c1-33(30,31)14-3-2-12(15(20)10-14)11-27-8-9-28(18(27)29)13-4-6-26(7-5-13)17-24-16(25-32-17)19(21,22)23/h2-3,10,13H,4-9,11H2,1H3. The Morgan fingerprint density at radius 3 is 2.42 bits per heavy atom. The molecule has 3 heterocycles. The molecule has 0 N–H and O–H groups in total. The first-order valence-corrected chi connectivity index (χ1v) is 12.0. The van der Waals surface area contributed by atoms with E-state index in [4.69, 9.17) is 4.52 Å². The Bertz CT molecular complexity index is 1150. The molecule has 2 aliphatic rings. The summed E-state index contributed by atoms with van der Waals surface area (Å²) in [5.41, 5.74) is 0.212. The molecule has 2 fully saturated rings. The van der Waals surface area contributed by atoms with Gasteiger partial charge in [-0.05, 0) is 30.1 Å². The molecular weight excluding hydrogens is 470 g/mol. The molecule has 2 amide bonds. The van der Waals surface area contributed by atoms with E-state index >= 15 is 0 Å². The van der Waals surface area contributed by atoms with Crippen LogP contribution in [0.1, 0.15) is 24.2 Å². The highest BCUT2D eigenvalue weighted by Gasteiger charge is 2.39. The van der Waals surface area contributed by atoms with Crippen molar-refractivity contribution in [2.24, 2.45) is 0 Å². The third-order valence-corrected chi connectivity index (χ3v) is 6.90. The fourth-order valence-electron chi connectivity index (χ4n) is 4.01. The first kappa shape index (κ1) is 23.3. The van der Waals surface area contributed by atoms with E-state index in [-0.39, 0.29) is 35.1 Å². The van der Waals surface area contributed by atoms with E-state index < -0.39 is 27.7 Å². The summed E-state index contributed by atoms with van der Waals surface area (Å²) in [7, 11) is -3.54. The number of amides is 2. The maximum absolute atomic E-state index is 14.4. The molecule has 33 heavy (non-hydrogen) atoms. The third-order valence-electron chi connectivity index (χ3n) is 5.79. The number of piperidine rings is 1. The van der Waals surface area contributed by atoms with E-state index in [1.807, 2.05) is 0 Å². The lowest BCUT2D eigenvalue weighted by Gasteiger charge is -2.35. The average Bonchev–Trinajstić information content (AvgIpc) is 3.37. The number of urea groups is 1. The van der Waals surface area contributed by atoms with Gasteiger partial charge in [-0.1, -0.05) is 6.07 Å². The molecule has 4 rings (SSSR count). The van der Waals surface area contributed by atoms with Gasteiger partial charge in [0.25, 0.3) is 5.82 Å². The van der Waals surface area contributed by atoms with Crippen molar-refractivity contribution in [3.8, 4) is 0 Å². The first-order valence-electron chi connectivity index (χ1n) is 10.1. The number of anilines is 1. The van der Waals surface area contributed by atoms with Crippen LogP contribution in [0, 0.1) is 5.82 Å². The molecule has 0 unspecified atom stereocenters. The van der Waals surface area contributed by atoms with Gasteiger partial charge in [-0.2, -0.15) is 18.2 Å². The van der Waals surface area contributed by atoms with Crippen molar-refractivity contribution < 1.29 is 35.3 Å². The second-order valence-corrected chi connectivity index (χ2v) is 10.1. The molecule has 0 bridgehead atoms. The Hall–Kier alpha value is -2.90. The molecule has 0 aliphatic carbocycles. The van der Waals surface area contributed by atoms with E-state index in [0.29, 0.717) is 39.0 Å². The lowest BCUT2D eigenvalue weighted by Crippen LogP contribution is -2.46. The van der Waals surface area contributed by atoms with E-state index in [1.54, 1.807) is 9.80 Å². The number of sulfone groups is 1. The number of halogens is 4. The number of carbonyl (C=O) groups excluding carboxylic acids is 1. The molecular formula is C19H21F4N5O4S. The predicted molar refractivity (Wildman–Crippen MR) is 107 cm³/mol. The number of aromatic nitrogens is 2. The van der Waals surface area contributed by atoms with Crippen molar-refractivity contribution in [1.82, 2.24) is 19.9 Å². The normalized spacial score (nSPS) is 18.5. The fourth-order valence-corrected chi connectivity index (χ4v) is 4.64. The van der Waals surface area contributed by atoms with Gasteiger partial charge >= 0.3 is 18.2 Å². The summed E-state index contributed by atoms with van der Waals surface area (Å²) in [6, 6.07) is 3.02. The van der Waals surface area contributed by atoms with E-state index in [9.17, 15) is 30.8 Å². The highest BCUT2D eigenvalue weighted by atomic mass is 32.2. The molecule has 1 aromatic heterocycles. The smallest absolute Gasteiger partial charge is 0.324 e. The Balaban J connectivity index is 1.35. The fraction of sp³-hybridized carbons (Fsp3) is 0.526. The van der Waals surface area contributed by atoms with Crippen molar-refractivity contribution >= 4 is 21.9 Å². The van der Waals surface area contributed by atoms with Crippen LogP contribution in [0.2, 0.25) is 0 Å². The lowest BCUT2D eigenvalue weighted by atomic mass is 10.0. The Morgan fingerprint density at radius 1 is 1.15 bits per heavy atom. The maximum atomic E-state index is 14.4. The van der Waals surface area contributed by atoms with Gasteiger partial charge < -0.3 is 19.2 Å². The Kier molecular flexibility index (Phi) is 5.97. The van der Waals surface area contributed by atoms with Gasteiger partial charge in [0, 0.05) is 44.0 Å². The lowest BCUT2D eigenvalue weighted by molar-refractivity contribution is -0.146. The van der Waals surface area contributed by atoms with Crippen molar-refractivity contribution in [3.63, 3.8) is 0 Å². The van der Waals surface area contributed by atoms with Gasteiger partial charge in [0.05, 0.1) is 11.4 Å². The molecule has 0 spiro atoms. The number of rotatable bonds is 5.